The molecule has 0 amide bonds. The first kappa shape index (κ1) is 14.8. The summed E-state index contributed by atoms with van der Waals surface area (Å²) in [5.41, 5.74) is 0.924. The molecular formula is C12H18BrNO2S. The zero-order valence-corrected chi connectivity index (χ0v) is 12.6. The number of rotatable bonds is 4. The predicted molar refractivity (Wildman–Crippen MR) is 75.0 cm³/mol. The van der Waals surface area contributed by atoms with Crippen molar-refractivity contribution >= 4 is 26.9 Å². The number of aliphatic hydroxyl groups excluding tert-OH is 1. The van der Waals surface area contributed by atoms with Gasteiger partial charge in [0.15, 0.2) is 0 Å². The van der Waals surface area contributed by atoms with E-state index < -0.39 is 11.0 Å². The number of aliphatic hydroxyl groups is 1. The van der Waals surface area contributed by atoms with E-state index in [-0.39, 0.29) is 17.4 Å². The maximum atomic E-state index is 12.0. The molecule has 0 aliphatic heterocycles. The van der Waals surface area contributed by atoms with E-state index in [1.807, 2.05) is 45.0 Å². The van der Waals surface area contributed by atoms with E-state index in [0.717, 1.165) is 10.0 Å². The topological polar surface area (TPSA) is 49.3 Å². The molecule has 0 saturated carbocycles. The number of benzene rings is 1. The standard InChI is InChI=1S/C12H18BrNO2S/c1-12(2,3)17(16)14-11(8-15)9-4-6-10(13)7-5-9/h4-7,11,14-15H,8H2,1-3H3/t11-,17?/m0/s1. The Labute approximate surface area is 113 Å². The van der Waals surface area contributed by atoms with E-state index in [0.29, 0.717) is 0 Å². The second-order valence-electron chi connectivity index (χ2n) is 4.79. The highest BCUT2D eigenvalue weighted by atomic mass is 79.9. The van der Waals surface area contributed by atoms with Crippen LogP contribution < -0.4 is 4.72 Å². The van der Waals surface area contributed by atoms with Crippen molar-refractivity contribution in [1.29, 1.82) is 0 Å². The van der Waals surface area contributed by atoms with Gasteiger partial charge in [0.25, 0.3) is 0 Å². The van der Waals surface area contributed by atoms with Gasteiger partial charge in [0, 0.05) is 4.47 Å². The van der Waals surface area contributed by atoms with Crippen LogP contribution in [0.3, 0.4) is 0 Å². The molecule has 17 heavy (non-hydrogen) atoms. The summed E-state index contributed by atoms with van der Waals surface area (Å²) < 4.78 is 15.5. The van der Waals surface area contributed by atoms with E-state index in [2.05, 4.69) is 20.7 Å². The molecule has 0 radical (unpaired) electrons. The van der Waals surface area contributed by atoms with Gasteiger partial charge in [-0.1, -0.05) is 28.1 Å². The van der Waals surface area contributed by atoms with E-state index in [9.17, 15) is 9.32 Å². The SMILES string of the molecule is CC(C)(C)S(=O)N[C@@H](CO)c1ccc(Br)cc1. The fraction of sp³-hybridized carbons (Fsp3) is 0.500. The Morgan fingerprint density at radius 3 is 2.29 bits per heavy atom. The lowest BCUT2D eigenvalue weighted by Crippen LogP contribution is -2.37. The summed E-state index contributed by atoms with van der Waals surface area (Å²) in [6.45, 7) is 5.60. The average molecular weight is 320 g/mol. The van der Waals surface area contributed by atoms with Crippen molar-refractivity contribution in [3.05, 3.63) is 34.3 Å². The lowest BCUT2D eigenvalue weighted by atomic mass is 10.1. The molecule has 0 aliphatic rings. The third-order valence-electron chi connectivity index (χ3n) is 2.26. The molecule has 1 unspecified atom stereocenters. The predicted octanol–water partition coefficient (Wildman–Crippen LogP) is 2.53. The molecule has 2 atom stereocenters. The van der Waals surface area contributed by atoms with Crippen LogP contribution in [0.1, 0.15) is 32.4 Å². The quantitative estimate of drug-likeness (QED) is 0.896. The summed E-state index contributed by atoms with van der Waals surface area (Å²) in [6, 6.07) is 7.30. The Balaban J connectivity index is 2.79. The Bertz CT molecular complexity index is 386. The smallest absolute Gasteiger partial charge is 0.0976 e. The monoisotopic (exact) mass is 319 g/mol. The Kier molecular flexibility index (Phi) is 5.31. The molecule has 0 aliphatic carbocycles. The summed E-state index contributed by atoms with van der Waals surface area (Å²) >= 11 is 3.36. The first-order chi connectivity index (χ1) is 7.84. The van der Waals surface area contributed by atoms with Crippen molar-refractivity contribution in [1.82, 2.24) is 4.72 Å². The van der Waals surface area contributed by atoms with E-state index in [1.54, 1.807) is 0 Å². The Hall–Kier alpha value is -0.230. The fourth-order valence-electron chi connectivity index (χ4n) is 1.21. The summed E-state index contributed by atoms with van der Waals surface area (Å²) in [7, 11) is -1.19. The van der Waals surface area contributed by atoms with Gasteiger partial charge < -0.3 is 5.11 Å². The van der Waals surface area contributed by atoms with Gasteiger partial charge in [0.1, 0.15) is 0 Å². The molecule has 0 aromatic heterocycles. The largest absolute Gasteiger partial charge is 0.394 e. The van der Waals surface area contributed by atoms with Crippen molar-refractivity contribution in [2.45, 2.75) is 31.6 Å². The molecule has 0 heterocycles. The zero-order valence-electron chi connectivity index (χ0n) is 10.2. The van der Waals surface area contributed by atoms with Crippen LogP contribution in [-0.2, 0) is 11.0 Å². The Morgan fingerprint density at radius 2 is 1.88 bits per heavy atom. The molecule has 0 saturated heterocycles. The van der Waals surface area contributed by atoms with Gasteiger partial charge in [-0.3, -0.25) is 0 Å². The lowest BCUT2D eigenvalue weighted by molar-refractivity contribution is 0.260. The molecule has 5 heteroatoms. The van der Waals surface area contributed by atoms with Crippen LogP contribution in [0.25, 0.3) is 0 Å². The number of nitrogens with one attached hydrogen (secondary N) is 1. The molecule has 1 aromatic carbocycles. The van der Waals surface area contributed by atoms with Gasteiger partial charge >= 0.3 is 0 Å². The first-order valence-corrected chi connectivity index (χ1v) is 7.33. The minimum absolute atomic E-state index is 0.0799. The Morgan fingerprint density at radius 1 is 1.35 bits per heavy atom. The van der Waals surface area contributed by atoms with Gasteiger partial charge in [0.2, 0.25) is 0 Å². The number of hydrogen-bond donors (Lipinski definition) is 2. The molecule has 96 valence electrons. The van der Waals surface area contributed by atoms with E-state index >= 15 is 0 Å². The van der Waals surface area contributed by atoms with Crippen LogP contribution in [0.15, 0.2) is 28.7 Å². The van der Waals surface area contributed by atoms with E-state index in [4.69, 9.17) is 0 Å². The second-order valence-corrected chi connectivity index (χ2v) is 7.70. The number of halogens is 1. The normalized spacial score (nSPS) is 15.6. The molecule has 0 bridgehead atoms. The van der Waals surface area contributed by atoms with Crippen LogP contribution in [0.2, 0.25) is 0 Å². The summed E-state index contributed by atoms with van der Waals surface area (Å²) in [5.74, 6) is 0. The molecule has 1 rings (SSSR count). The van der Waals surface area contributed by atoms with Gasteiger partial charge in [-0.25, -0.2) is 8.93 Å². The van der Waals surface area contributed by atoms with Crippen molar-refractivity contribution in [2.24, 2.45) is 0 Å². The highest BCUT2D eigenvalue weighted by Gasteiger charge is 2.23. The minimum Gasteiger partial charge on any atom is -0.394 e. The summed E-state index contributed by atoms with van der Waals surface area (Å²) in [4.78, 5) is 0. The third kappa shape index (κ3) is 4.50. The minimum atomic E-state index is -1.19. The molecule has 2 N–H and O–H groups in total. The lowest BCUT2D eigenvalue weighted by Gasteiger charge is -2.23. The van der Waals surface area contributed by atoms with Crippen LogP contribution >= 0.6 is 15.9 Å². The van der Waals surface area contributed by atoms with Crippen LogP contribution in [0.5, 0.6) is 0 Å². The average Bonchev–Trinajstić information content (AvgIpc) is 2.25. The highest BCUT2D eigenvalue weighted by molar-refractivity contribution is 9.10. The maximum absolute atomic E-state index is 12.0. The van der Waals surface area contributed by atoms with Crippen molar-refractivity contribution < 1.29 is 9.32 Å². The maximum Gasteiger partial charge on any atom is 0.0976 e. The highest BCUT2D eigenvalue weighted by Crippen LogP contribution is 2.19. The molecule has 0 spiro atoms. The summed E-state index contributed by atoms with van der Waals surface area (Å²) in [6.07, 6.45) is 0. The fourth-order valence-corrected chi connectivity index (χ4v) is 2.30. The zero-order chi connectivity index (χ0) is 13.1. The van der Waals surface area contributed by atoms with Gasteiger partial charge in [-0.2, -0.15) is 0 Å². The molecule has 0 fully saturated rings. The van der Waals surface area contributed by atoms with Crippen molar-refractivity contribution in [3.8, 4) is 0 Å². The van der Waals surface area contributed by atoms with Crippen LogP contribution in [0, 0.1) is 0 Å². The van der Waals surface area contributed by atoms with Gasteiger partial charge in [-0.15, -0.1) is 0 Å². The second kappa shape index (κ2) is 6.09. The summed E-state index contributed by atoms with van der Waals surface area (Å²) in [5, 5.41) is 9.35. The van der Waals surface area contributed by atoms with Crippen molar-refractivity contribution in [3.63, 3.8) is 0 Å². The first-order valence-electron chi connectivity index (χ1n) is 5.39. The third-order valence-corrected chi connectivity index (χ3v) is 4.40. The van der Waals surface area contributed by atoms with Crippen LogP contribution in [-0.4, -0.2) is 20.7 Å². The van der Waals surface area contributed by atoms with Gasteiger partial charge in [0.05, 0.1) is 28.4 Å². The van der Waals surface area contributed by atoms with Gasteiger partial charge in [-0.05, 0) is 38.5 Å². The molecule has 1 aromatic rings. The van der Waals surface area contributed by atoms with Crippen LogP contribution in [0.4, 0.5) is 0 Å². The molecular weight excluding hydrogens is 302 g/mol. The number of hydrogen-bond acceptors (Lipinski definition) is 2. The van der Waals surface area contributed by atoms with Crippen molar-refractivity contribution in [2.75, 3.05) is 6.61 Å². The molecule has 3 nitrogen and oxygen atoms in total. The van der Waals surface area contributed by atoms with E-state index in [1.165, 1.54) is 0 Å².